The summed E-state index contributed by atoms with van der Waals surface area (Å²) in [5.74, 6) is 1.08. The number of hydrogen-bond acceptors (Lipinski definition) is 3. The molecule has 0 amide bonds. The second-order valence-corrected chi connectivity index (χ2v) is 4.32. The molecule has 1 aromatic rings. The van der Waals surface area contributed by atoms with Crippen LogP contribution < -0.4 is 5.32 Å². The average molecular weight is 225 g/mol. The summed E-state index contributed by atoms with van der Waals surface area (Å²) in [6.07, 6.45) is 1.35. The van der Waals surface area contributed by atoms with Crippen molar-refractivity contribution in [2.24, 2.45) is 7.05 Å². The Morgan fingerprint density at radius 1 is 1.44 bits per heavy atom. The largest absolute Gasteiger partial charge is 0.374 e. The predicted molar refractivity (Wildman–Crippen MR) is 66.7 cm³/mol. The van der Waals surface area contributed by atoms with Gasteiger partial charge in [-0.05, 0) is 27.2 Å². The highest BCUT2D eigenvalue weighted by Crippen LogP contribution is 2.20. The number of nitrogens with zero attached hydrogens (tertiary/aromatic N) is 2. The van der Waals surface area contributed by atoms with Crippen LogP contribution in [0.25, 0.3) is 0 Å². The van der Waals surface area contributed by atoms with Gasteiger partial charge in [0.05, 0.1) is 18.4 Å². The highest BCUT2D eigenvalue weighted by molar-refractivity contribution is 5.47. The van der Waals surface area contributed by atoms with Gasteiger partial charge in [-0.25, -0.2) is 0 Å². The van der Waals surface area contributed by atoms with E-state index in [0.717, 1.165) is 24.5 Å². The van der Waals surface area contributed by atoms with Gasteiger partial charge in [-0.15, -0.1) is 0 Å². The Balaban J connectivity index is 2.78. The molecule has 1 aromatic heterocycles. The van der Waals surface area contributed by atoms with E-state index in [4.69, 9.17) is 4.74 Å². The zero-order valence-corrected chi connectivity index (χ0v) is 11.0. The molecular weight excluding hydrogens is 202 g/mol. The fourth-order valence-electron chi connectivity index (χ4n) is 1.59. The van der Waals surface area contributed by atoms with E-state index in [9.17, 15) is 0 Å². The third-order valence-corrected chi connectivity index (χ3v) is 2.45. The number of rotatable bonds is 6. The normalized spacial score (nSPS) is 11.1. The molecule has 16 heavy (non-hydrogen) atoms. The zero-order valence-electron chi connectivity index (χ0n) is 11.0. The topological polar surface area (TPSA) is 39.1 Å². The molecule has 4 heteroatoms. The second-order valence-electron chi connectivity index (χ2n) is 4.32. The number of nitrogens with one attached hydrogen (secondary N) is 1. The Kier molecular flexibility index (Phi) is 4.80. The molecule has 0 spiro atoms. The van der Waals surface area contributed by atoms with Gasteiger partial charge in [0.2, 0.25) is 0 Å². The molecule has 0 saturated heterocycles. The molecule has 1 heterocycles. The maximum atomic E-state index is 5.65. The zero-order chi connectivity index (χ0) is 12.1. The Labute approximate surface area is 98.0 Å². The minimum absolute atomic E-state index is 0.249. The quantitative estimate of drug-likeness (QED) is 0.808. The molecule has 0 radical (unpaired) electrons. The fraction of sp³-hybridized carbons (Fsp3) is 0.750. The number of aryl methyl sites for hydroxylation is 2. The molecular formula is C12H23N3O. The molecule has 0 aliphatic carbocycles. The summed E-state index contributed by atoms with van der Waals surface area (Å²) in [5.41, 5.74) is 2.21. The van der Waals surface area contributed by atoms with Gasteiger partial charge < -0.3 is 10.1 Å². The van der Waals surface area contributed by atoms with Crippen molar-refractivity contribution in [2.75, 3.05) is 11.9 Å². The van der Waals surface area contributed by atoms with Crippen LogP contribution in [0.4, 0.5) is 5.82 Å². The van der Waals surface area contributed by atoms with E-state index in [2.05, 4.69) is 17.3 Å². The van der Waals surface area contributed by atoms with Crippen molar-refractivity contribution >= 4 is 5.82 Å². The fourth-order valence-corrected chi connectivity index (χ4v) is 1.59. The van der Waals surface area contributed by atoms with E-state index in [1.165, 1.54) is 5.56 Å². The monoisotopic (exact) mass is 225 g/mol. The Bertz CT molecular complexity index is 331. The van der Waals surface area contributed by atoms with Gasteiger partial charge in [-0.2, -0.15) is 5.10 Å². The van der Waals surface area contributed by atoms with E-state index in [1.54, 1.807) is 0 Å². The Morgan fingerprint density at radius 3 is 2.69 bits per heavy atom. The van der Waals surface area contributed by atoms with Crippen molar-refractivity contribution in [1.29, 1.82) is 0 Å². The van der Waals surface area contributed by atoms with Crippen LogP contribution in [0, 0.1) is 6.92 Å². The Hall–Kier alpha value is -1.03. The summed E-state index contributed by atoms with van der Waals surface area (Å²) < 4.78 is 7.54. The first-order valence-electron chi connectivity index (χ1n) is 5.94. The lowest BCUT2D eigenvalue weighted by molar-refractivity contribution is 0.0657. The van der Waals surface area contributed by atoms with E-state index in [1.807, 2.05) is 32.5 Å². The summed E-state index contributed by atoms with van der Waals surface area (Å²) in [6.45, 7) is 9.86. The highest BCUT2D eigenvalue weighted by atomic mass is 16.5. The maximum absolute atomic E-state index is 5.65. The van der Waals surface area contributed by atoms with Crippen molar-refractivity contribution < 1.29 is 4.74 Å². The van der Waals surface area contributed by atoms with Crippen molar-refractivity contribution in [2.45, 2.75) is 46.8 Å². The number of ether oxygens (including phenoxy) is 1. The SMILES string of the molecule is CCCNc1c(COC(C)C)c(C)nn1C. The first-order valence-corrected chi connectivity index (χ1v) is 5.94. The van der Waals surface area contributed by atoms with Gasteiger partial charge in [-0.1, -0.05) is 6.92 Å². The van der Waals surface area contributed by atoms with Crippen LogP contribution in [0.5, 0.6) is 0 Å². The third kappa shape index (κ3) is 3.23. The molecule has 0 aliphatic rings. The molecule has 0 aromatic carbocycles. The summed E-state index contributed by atoms with van der Waals surface area (Å²) in [7, 11) is 1.96. The minimum atomic E-state index is 0.249. The van der Waals surface area contributed by atoms with Crippen LogP contribution in [0.3, 0.4) is 0 Å². The standard InChI is InChI=1S/C12H23N3O/c1-6-7-13-12-11(8-16-9(2)3)10(4)14-15(12)5/h9,13H,6-8H2,1-5H3. The van der Waals surface area contributed by atoms with Crippen LogP contribution >= 0.6 is 0 Å². The molecule has 0 aliphatic heterocycles. The highest BCUT2D eigenvalue weighted by Gasteiger charge is 2.13. The van der Waals surface area contributed by atoms with Crippen molar-refractivity contribution in [3.05, 3.63) is 11.3 Å². The molecule has 0 atom stereocenters. The molecule has 1 rings (SSSR count). The molecule has 0 bridgehead atoms. The van der Waals surface area contributed by atoms with Gasteiger partial charge in [-0.3, -0.25) is 4.68 Å². The first kappa shape index (κ1) is 13.0. The number of aromatic nitrogens is 2. The molecule has 0 saturated carbocycles. The smallest absolute Gasteiger partial charge is 0.129 e. The van der Waals surface area contributed by atoms with Crippen LogP contribution in [-0.4, -0.2) is 22.4 Å². The van der Waals surface area contributed by atoms with Crippen molar-refractivity contribution in [3.63, 3.8) is 0 Å². The van der Waals surface area contributed by atoms with E-state index in [0.29, 0.717) is 6.61 Å². The van der Waals surface area contributed by atoms with Crippen molar-refractivity contribution in [1.82, 2.24) is 9.78 Å². The molecule has 0 unspecified atom stereocenters. The van der Waals surface area contributed by atoms with E-state index in [-0.39, 0.29) is 6.10 Å². The van der Waals surface area contributed by atoms with Crippen molar-refractivity contribution in [3.8, 4) is 0 Å². The molecule has 0 fully saturated rings. The lowest BCUT2D eigenvalue weighted by atomic mass is 10.2. The number of anilines is 1. The third-order valence-electron chi connectivity index (χ3n) is 2.45. The summed E-state index contributed by atoms with van der Waals surface area (Å²) >= 11 is 0. The Morgan fingerprint density at radius 2 is 2.12 bits per heavy atom. The summed E-state index contributed by atoms with van der Waals surface area (Å²) in [6, 6.07) is 0. The van der Waals surface area contributed by atoms with Crippen LogP contribution in [-0.2, 0) is 18.4 Å². The lowest BCUT2D eigenvalue weighted by Crippen LogP contribution is -2.09. The van der Waals surface area contributed by atoms with E-state index < -0.39 is 0 Å². The number of hydrogen-bond donors (Lipinski definition) is 1. The molecule has 4 nitrogen and oxygen atoms in total. The molecule has 92 valence electrons. The average Bonchev–Trinajstić information content (AvgIpc) is 2.47. The predicted octanol–water partition coefficient (Wildman–Crippen LogP) is 2.48. The van der Waals surface area contributed by atoms with Gasteiger partial charge in [0.1, 0.15) is 5.82 Å². The van der Waals surface area contributed by atoms with Gasteiger partial charge in [0.25, 0.3) is 0 Å². The second kappa shape index (κ2) is 5.89. The van der Waals surface area contributed by atoms with Crippen LogP contribution in [0.2, 0.25) is 0 Å². The van der Waals surface area contributed by atoms with E-state index >= 15 is 0 Å². The summed E-state index contributed by atoms with van der Waals surface area (Å²) in [4.78, 5) is 0. The lowest BCUT2D eigenvalue weighted by Gasteiger charge is -2.11. The first-order chi connectivity index (χ1) is 7.56. The molecule has 1 N–H and O–H groups in total. The van der Waals surface area contributed by atoms with Gasteiger partial charge in [0.15, 0.2) is 0 Å². The minimum Gasteiger partial charge on any atom is -0.374 e. The maximum Gasteiger partial charge on any atom is 0.129 e. The van der Waals surface area contributed by atoms with Crippen LogP contribution in [0.1, 0.15) is 38.4 Å². The van der Waals surface area contributed by atoms with Gasteiger partial charge in [0, 0.05) is 19.2 Å². The van der Waals surface area contributed by atoms with Gasteiger partial charge >= 0.3 is 0 Å². The summed E-state index contributed by atoms with van der Waals surface area (Å²) in [5, 5.41) is 7.81. The van der Waals surface area contributed by atoms with Crippen LogP contribution in [0.15, 0.2) is 0 Å².